The Morgan fingerprint density at radius 2 is 0.537 bits per heavy atom. The zero-order chi connectivity index (χ0) is 61.5. The molecule has 0 bridgehead atoms. The number of alkyl halides is 8. The van der Waals surface area contributed by atoms with E-state index in [0.717, 1.165) is 57.2 Å². The molecule has 0 aromatic carbocycles. The Hall–Kier alpha value is 0.180. The molecule has 10 heteroatoms. The number of halogens is 8. The standard InChI is InChI=1S/2C7H11Br.2C7H11Cl.2C7H11F.2C7H11I.2C7H12O/c10*1-5-3-6(2)7(8)4-5/h8*4,6-7H,3H2,1-2H3;2*4,6-8H,3H2,1-2H3/t6-,7+;6-,7-;6-,7+;6-,7-;6-,7+;6-,7-;6-,7+;6-,7-;6-,7+;6-,7-/m0000000000/s1. The molecule has 0 saturated heterocycles. The van der Waals surface area contributed by atoms with Crippen LogP contribution < -0.4 is 0 Å². The van der Waals surface area contributed by atoms with Crippen LogP contribution in [0.15, 0.2) is 116 Å². The summed E-state index contributed by atoms with van der Waals surface area (Å²) in [6, 6.07) is 0. The first-order valence-electron chi connectivity index (χ1n) is 30.2. The molecule has 10 aliphatic rings. The van der Waals surface area contributed by atoms with Gasteiger partial charge in [0.15, 0.2) is 0 Å². The Morgan fingerprint density at radius 3 is 0.600 bits per heavy atom. The van der Waals surface area contributed by atoms with E-state index < -0.39 is 12.3 Å². The third-order valence-corrected chi connectivity index (χ3v) is 23.0. The third kappa shape index (κ3) is 32.2. The second-order valence-electron chi connectivity index (χ2n) is 26.5. The molecule has 0 amide bonds. The van der Waals surface area contributed by atoms with Crippen LogP contribution >= 0.6 is 100 Å². The molecule has 0 spiro atoms. The highest BCUT2D eigenvalue weighted by atomic mass is 127. The molecule has 10 aliphatic carbocycles. The summed E-state index contributed by atoms with van der Waals surface area (Å²) >= 11 is 23.9. The number of aliphatic hydroxyl groups is 2. The summed E-state index contributed by atoms with van der Waals surface area (Å²) in [5, 5.41) is 18.8. The first-order valence-corrected chi connectivity index (χ1v) is 35.4. The number of allylic oxidation sites excluding steroid dienone is 18. The Bertz CT molecular complexity index is 1680. The van der Waals surface area contributed by atoms with Crippen LogP contribution in [0.25, 0.3) is 0 Å². The molecular weight excluding hydrogens is 1400 g/mol. The average molecular weight is 1510 g/mol. The number of hydrogen-bond acceptors (Lipinski definition) is 2. The second kappa shape index (κ2) is 39.9. The summed E-state index contributed by atoms with van der Waals surface area (Å²) in [6.07, 6.45) is 30.8. The van der Waals surface area contributed by atoms with E-state index in [0.29, 0.717) is 44.1 Å². The van der Waals surface area contributed by atoms with Crippen LogP contribution in [-0.4, -0.2) is 63.0 Å². The van der Waals surface area contributed by atoms with Crippen molar-refractivity contribution in [1.29, 1.82) is 0 Å². The fourth-order valence-electron chi connectivity index (χ4n) is 11.3. The van der Waals surface area contributed by atoms with E-state index in [1.807, 2.05) is 39.8 Å². The lowest BCUT2D eigenvalue weighted by atomic mass is 10.1. The van der Waals surface area contributed by atoms with Crippen LogP contribution in [0, 0.1) is 59.2 Å². The molecule has 10 rings (SSSR count). The van der Waals surface area contributed by atoms with Gasteiger partial charge < -0.3 is 10.2 Å². The van der Waals surface area contributed by atoms with Crippen molar-refractivity contribution in [1.82, 2.24) is 0 Å². The SMILES string of the molecule is CC1=C[C@@H](Br)[C@@H](C)C1.CC1=C[C@@H](Cl)[C@@H](C)C1.CC1=C[C@@H](F)[C@@H](C)C1.CC1=C[C@@H](I)[C@@H](C)C1.CC1=C[C@@H](O)[C@@H](C)C1.CC1=C[C@H](Br)[C@@H](C)C1.CC1=C[C@H](Cl)[C@@H](C)C1.CC1=C[C@H](F)[C@@H](C)C1.CC1=C[C@H](I)[C@@H](C)C1.CC1=C[C@H](O)[C@@H](C)C1. The summed E-state index contributed by atoms with van der Waals surface area (Å²) < 4.78 is 26.6. The molecule has 2 N–H and O–H groups in total. The van der Waals surface area contributed by atoms with Gasteiger partial charge in [-0.2, -0.15) is 0 Å². The number of aliphatic hydroxyl groups excluding tert-OH is 2. The van der Waals surface area contributed by atoms with E-state index in [1.54, 1.807) is 23.3 Å². The van der Waals surface area contributed by atoms with E-state index in [9.17, 15) is 8.78 Å². The largest absolute Gasteiger partial charge is 0.389 e. The minimum absolute atomic E-state index is 0.171. The first kappa shape index (κ1) is 78.2. The second-order valence-corrected chi connectivity index (χ2v) is 32.5. The van der Waals surface area contributed by atoms with E-state index in [-0.39, 0.29) is 24.0 Å². The molecule has 80 heavy (non-hydrogen) atoms. The van der Waals surface area contributed by atoms with E-state index >= 15 is 0 Å². The van der Waals surface area contributed by atoms with E-state index in [1.165, 1.54) is 83.1 Å². The predicted molar refractivity (Wildman–Crippen MR) is 378 cm³/mol. The average Bonchev–Trinajstić information content (AvgIpc) is 4.26. The molecule has 2 nitrogen and oxygen atoms in total. The fraction of sp³-hybridized carbons (Fsp3) is 0.714. The van der Waals surface area contributed by atoms with Crippen molar-refractivity contribution in [3.63, 3.8) is 0 Å². The smallest absolute Gasteiger partial charge is 0.121 e. The lowest BCUT2D eigenvalue weighted by Crippen LogP contribution is -2.07. The van der Waals surface area contributed by atoms with Gasteiger partial charge in [-0.15, -0.1) is 23.2 Å². The van der Waals surface area contributed by atoms with Crippen LogP contribution in [-0.2, 0) is 0 Å². The fourth-order valence-corrected chi connectivity index (χ4v) is 14.9. The highest BCUT2D eigenvalue weighted by Gasteiger charge is 2.24. The van der Waals surface area contributed by atoms with Crippen LogP contribution in [0.3, 0.4) is 0 Å². The van der Waals surface area contributed by atoms with Crippen LogP contribution in [0.1, 0.15) is 203 Å². The molecule has 460 valence electrons. The third-order valence-electron chi connectivity index (χ3n) is 16.4. The molecule has 0 aromatic heterocycles. The zero-order valence-corrected chi connectivity index (χ0v) is 62.3. The van der Waals surface area contributed by atoms with Gasteiger partial charge in [0.25, 0.3) is 0 Å². The Morgan fingerprint density at radius 1 is 0.325 bits per heavy atom. The van der Waals surface area contributed by atoms with Gasteiger partial charge in [0.05, 0.1) is 23.0 Å². The first-order chi connectivity index (χ1) is 37.0. The van der Waals surface area contributed by atoms with Crippen molar-refractivity contribution in [2.45, 2.75) is 255 Å². The summed E-state index contributed by atoms with van der Waals surface area (Å²) in [7, 11) is 0. The number of rotatable bonds is 0. The van der Waals surface area contributed by atoms with Gasteiger partial charge in [-0.3, -0.25) is 0 Å². The zero-order valence-electron chi connectivity index (χ0n) is 53.3. The molecule has 0 fully saturated rings. The molecule has 0 aliphatic heterocycles. The van der Waals surface area contributed by atoms with Crippen LogP contribution in [0.2, 0.25) is 0 Å². The molecule has 0 aromatic rings. The maximum atomic E-state index is 12.5. The number of hydrogen-bond donors (Lipinski definition) is 2. The van der Waals surface area contributed by atoms with Crippen molar-refractivity contribution in [2.24, 2.45) is 59.2 Å². The Labute approximate surface area is 545 Å². The van der Waals surface area contributed by atoms with Gasteiger partial charge in [0.2, 0.25) is 0 Å². The maximum absolute atomic E-state index is 12.5. The van der Waals surface area contributed by atoms with Gasteiger partial charge in [0, 0.05) is 17.5 Å². The maximum Gasteiger partial charge on any atom is 0.121 e. The van der Waals surface area contributed by atoms with Crippen molar-refractivity contribution in [3.8, 4) is 0 Å². The summed E-state index contributed by atoms with van der Waals surface area (Å²) in [5.74, 6) is 6.10. The minimum atomic E-state index is -0.671. The summed E-state index contributed by atoms with van der Waals surface area (Å²) in [5.41, 5.74) is 14.1. The van der Waals surface area contributed by atoms with Crippen molar-refractivity contribution < 1.29 is 19.0 Å². The quantitative estimate of drug-likeness (QED) is 0.144. The highest BCUT2D eigenvalue weighted by Crippen LogP contribution is 2.34. The summed E-state index contributed by atoms with van der Waals surface area (Å²) in [6.45, 7) is 42.7. The summed E-state index contributed by atoms with van der Waals surface area (Å²) in [4.78, 5) is 1.28. The molecule has 0 unspecified atom stereocenters. The topological polar surface area (TPSA) is 40.5 Å². The van der Waals surface area contributed by atoms with Crippen molar-refractivity contribution in [2.75, 3.05) is 0 Å². The lowest BCUT2D eigenvalue weighted by molar-refractivity contribution is 0.175. The van der Waals surface area contributed by atoms with Crippen molar-refractivity contribution in [3.05, 3.63) is 116 Å². The highest BCUT2D eigenvalue weighted by molar-refractivity contribution is 14.1. The molecular formula is C70H112Br2Cl2F2I2O2. The van der Waals surface area contributed by atoms with Gasteiger partial charge in [-0.25, -0.2) is 8.78 Å². The van der Waals surface area contributed by atoms with Crippen LogP contribution in [0.5, 0.6) is 0 Å². The Balaban J connectivity index is 0.000000444. The van der Waals surface area contributed by atoms with Gasteiger partial charge in [-0.05, 0) is 193 Å². The van der Waals surface area contributed by atoms with E-state index in [4.69, 9.17) is 33.4 Å². The monoisotopic (exact) mass is 1500 g/mol. The molecule has 0 radical (unpaired) electrons. The van der Waals surface area contributed by atoms with Gasteiger partial charge in [-0.1, -0.05) is 263 Å². The Kier molecular flexibility index (Phi) is 39.0. The molecule has 0 saturated carbocycles. The lowest BCUT2D eigenvalue weighted by Gasteiger charge is -2.04. The minimum Gasteiger partial charge on any atom is -0.389 e. The van der Waals surface area contributed by atoms with Crippen LogP contribution in [0.4, 0.5) is 8.78 Å². The molecule has 20 atom stereocenters. The van der Waals surface area contributed by atoms with Crippen molar-refractivity contribution >= 4 is 100 Å². The van der Waals surface area contributed by atoms with Gasteiger partial charge in [0.1, 0.15) is 12.3 Å². The predicted octanol–water partition coefficient (Wildman–Crippen LogP) is 23.5. The molecule has 0 heterocycles. The van der Waals surface area contributed by atoms with E-state index in [2.05, 4.69) is 224 Å². The van der Waals surface area contributed by atoms with Gasteiger partial charge >= 0.3 is 0 Å². The normalized spacial score (nSPS) is 37.6.